The first kappa shape index (κ1) is 21.1. The number of ether oxygens (including phenoxy) is 1. The maximum atomic E-state index is 12.3. The molecular formula is C25H31NO3. The van der Waals surface area contributed by atoms with Crippen LogP contribution in [0.25, 0.3) is 0 Å². The van der Waals surface area contributed by atoms with Crippen molar-refractivity contribution >= 4 is 11.9 Å². The van der Waals surface area contributed by atoms with Gasteiger partial charge >= 0.3 is 6.09 Å². The van der Waals surface area contributed by atoms with E-state index < -0.39 is 5.60 Å². The number of likely N-dealkylation sites (tertiary alicyclic amines) is 1. The molecule has 1 saturated heterocycles. The van der Waals surface area contributed by atoms with E-state index in [0.29, 0.717) is 12.3 Å². The minimum absolute atomic E-state index is 0.184. The molecule has 4 nitrogen and oxygen atoms in total. The summed E-state index contributed by atoms with van der Waals surface area (Å²) in [5.41, 5.74) is 2.82. The van der Waals surface area contributed by atoms with Crippen molar-refractivity contribution in [3.05, 3.63) is 71.3 Å². The zero-order valence-electron chi connectivity index (χ0n) is 17.7. The molecular weight excluding hydrogens is 362 g/mol. The molecule has 1 amide bonds. The van der Waals surface area contributed by atoms with Gasteiger partial charge in [0.05, 0.1) is 0 Å². The second-order valence-corrected chi connectivity index (χ2v) is 8.77. The summed E-state index contributed by atoms with van der Waals surface area (Å²) < 4.78 is 5.47. The molecule has 1 fully saturated rings. The molecule has 29 heavy (non-hydrogen) atoms. The zero-order chi connectivity index (χ0) is 20.9. The van der Waals surface area contributed by atoms with Gasteiger partial charge in [0.1, 0.15) is 5.60 Å². The largest absolute Gasteiger partial charge is 0.444 e. The lowest BCUT2D eigenvalue weighted by Gasteiger charge is -2.33. The highest BCUT2D eigenvalue weighted by molar-refractivity contribution is 5.96. The van der Waals surface area contributed by atoms with Crippen LogP contribution in [0.15, 0.2) is 54.6 Å². The molecule has 154 valence electrons. The van der Waals surface area contributed by atoms with E-state index in [0.717, 1.165) is 37.9 Å². The molecule has 0 saturated carbocycles. The maximum absolute atomic E-state index is 12.3. The smallest absolute Gasteiger partial charge is 0.410 e. The number of carbonyl (C=O) groups excluding carboxylic acids is 2. The number of carbonyl (C=O) groups is 2. The number of aryl methyl sites for hydroxylation is 1. The van der Waals surface area contributed by atoms with Gasteiger partial charge in [-0.15, -0.1) is 0 Å². The SMILES string of the molecule is CC(C)(C)OC(=O)N1CCC(c2ccc(CCC(=O)c3ccccc3)cc2)CC1. The standard InChI is InChI=1S/C25H31NO3/c1-25(2,3)29-24(28)26-17-15-21(16-18-26)20-12-9-19(10-13-20)11-14-23(27)22-7-5-4-6-8-22/h4-10,12-13,21H,11,14-18H2,1-3H3. The van der Waals surface area contributed by atoms with Crippen molar-refractivity contribution in [2.75, 3.05) is 13.1 Å². The maximum Gasteiger partial charge on any atom is 0.410 e. The molecule has 1 heterocycles. The number of Topliss-reactive ketones (excluding diaryl/α,β-unsaturated/α-hetero) is 1. The fraction of sp³-hybridized carbons (Fsp3) is 0.440. The van der Waals surface area contributed by atoms with E-state index in [1.54, 1.807) is 0 Å². The van der Waals surface area contributed by atoms with Crippen molar-refractivity contribution in [2.45, 2.75) is 58.0 Å². The topological polar surface area (TPSA) is 46.6 Å². The normalized spacial score (nSPS) is 15.2. The van der Waals surface area contributed by atoms with Gasteiger partial charge in [0.25, 0.3) is 0 Å². The molecule has 3 rings (SSSR count). The van der Waals surface area contributed by atoms with Gasteiger partial charge in [0, 0.05) is 25.1 Å². The van der Waals surface area contributed by atoms with Gasteiger partial charge in [-0.25, -0.2) is 4.79 Å². The van der Waals surface area contributed by atoms with Crippen molar-refractivity contribution in [1.82, 2.24) is 4.90 Å². The Morgan fingerprint density at radius 3 is 2.17 bits per heavy atom. The van der Waals surface area contributed by atoms with Gasteiger partial charge in [-0.1, -0.05) is 54.6 Å². The average molecular weight is 394 g/mol. The molecule has 4 heteroatoms. The molecule has 0 aliphatic carbocycles. The zero-order valence-corrected chi connectivity index (χ0v) is 17.7. The lowest BCUT2D eigenvalue weighted by Crippen LogP contribution is -2.41. The highest BCUT2D eigenvalue weighted by atomic mass is 16.6. The summed E-state index contributed by atoms with van der Waals surface area (Å²) in [4.78, 5) is 26.3. The number of benzene rings is 2. The molecule has 0 aromatic heterocycles. The summed E-state index contributed by atoms with van der Waals surface area (Å²) >= 11 is 0. The predicted molar refractivity (Wildman–Crippen MR) is 115 cm³/mol. The molecule has 0 bridgehead atoms. The summed E-state index contributed by atoms with van der Waals surface area (Å²) in [5.74, 6) is 0.651. The van der Waals surface area contributed by atoms with Crippen molar-refractivity contribution in [2.24, 2.45) is 0 Å². The van der Waals surface area contributed by atoms with E-state index in [-0.39, 0.29) is 11.9 Å². The summed E-state index contributed by atoms with van der Waals surface area (Å²) in [5, 5.41) is 0. The van der Waals surface area contributed by atoms with Crippen LogP contribution in [-0.2, 0) is 11.2 Å². The number of rotatable bonds is 5. The summed E-state index contributed by atoms with van der Waals surface area (Å²) in [6.45, 7) is 7.14. The Hall–Kier alpha value is -2.62. The Balaban J connectivity index is 1.48. The minimum Gasteiger partial charge on any atom is -0.444 e. The molecule has 2 aromatic carbocycles. The van der Waals surface area contributed by atoms with Crippen LogP contribution in [0.3, 0.4) is 0 Å². The van der Waals surface area contributed by atoms with Crippen LogP contribution < -0.4 is 0 Å². The number of amides is 1. The molecule has 1 aliphatic heterocycles. The van der Waals surface area contributed by atoms with Crippen LogP contribution in [0.2, 0.25) is 0 Å². The number of piperidine rings is 1. The van der Waals surface area contributed by atoms with E-state index in [1.165, 1.54) is 11.1 Å². The lowest BCUT2D eigenvalue weighted by molar-refractivity contribution is 0.0204. The Labute approximate surface area is 173 Å². The number of nitrogens with zero attached hydrogens (tertiary/aromatic N) is 1. The average Bonchev–Trinajstić information content (AvgIpc) is 2.72. The predicted octanol–water partition coefficient (Wildman–Crippen LogP) is 5.62. The van der Waals surface area contributed by atoms with Gasteiger partial charge in [-0.05, 0) is 57.1 Å². The van der Waals surface area contributed by atoms with E-state index >= 15 is 0 Å². The van der Waals surface area contributed by atoms with Gasteiger partial charge in [0.2, 0.25) is 0 Å². The molecule has 0 N–H and O–H groups in total. The van der Waals surface area contributed by atoms with Gasteiger partial charge in [-0.2, -0.15) is 0 Å². The van der Waals surface area contributed by atoms with E-state index in [1.807, 2.05) is 56.0 Å². The molecule has 2 aromatic rings. The Morgan fingerprint density at radius 1 is 0.966 bits per heavy atom. The summed E-state index contributed by atoms with van der Waals surface area (Å²) in [6.07, 6.45) is 2.97. The Kier molecular flexibility index (Phi) is 6.73. The Bertz CT molecular complexity index is 813. The quantitative estimate of drug-likeness (QED) is 0.620. The molecule has 0 unspecified atom stereocenters. The number of ketones is 1. The first-order valence-electron chi connectivity index (χ1n) is 10.5. The molecule has 1 aliphatic rings. The summed E-state index contributed by atoms with van der Waals surface area (Å²) in [7, 11) is 0. The van der Waals surface area contributed by atoms with Crippen molar-refractivity contribution in [3.8, 4) is 0 Å². The minimum atomic E-state index is -0.453. The Morgan fingerprint density at radius 2 is 1.59 bits per heavy atom. The van der Waals surface area contributed by atoms with Gasteiger partial charge in [0.15, 0.2) is 5.78 Å². The first-order valence-corrected chi connectivity index (χ1v) is 10.5. The third-order valence-electron chi connectivity index (χ3n) is 5.33. The molecule has 0 atom stereocenters. The van der Waals surface area contributed by atoms with Crippen LogP contribution in [-0.4, -0.2) is 35.5 Å². The van der Waals surface area contributed by atoms with E-state index in [2.05, 4.69) is 24.3 Å². The second-order valence-electron chi connectivity index (χ2n) is 8.77. The highest BCUT2D eigenvalue weighted by Crippen LogP contribution is 2.29. The van der Waals surface area contributed by atoms with Crippen LogP contribution in [0.1, 0.15) is 67.4 Å². The van der Waals surface area contributed by atoms with Crippen LogP contribution in [0, 0.1) is 0 Å². The molecule has 0 spiro atoms. The van der Waals surface area contributed by atoms with Crippen LogP contribution >= 0.6 is 0 Å². The summed E-state index contributed by atoms with van der Waals surface area (Å²) in [6, 6.07) is 18.1. The third-order valence-corrected chi connectivity index (χ3v) is 5.33. The number of hydrogen-bond donors (Lipinski definition) is 0. The van der Waals surface area contributed by atoms with Gasteiger partial charge in [-0.3, -0.25) is 4.79 Å². The fourth-order valence-electron chi connectivity index (χ4n) is 3.70. The molecule has 0 radical (unpaired) electrons. The highest BCUT2D eigenvalue weighted by Gasteiger charge is 2.27. The number of hydrogen-bond acceptors (Lipinski definition) is 3. The van der Waals surface area contributed by atoms with Crippen molar-refractivity contribution in [3.63, 3.8) is 0 Å². The van der Waals surface area contributed by atoms with Crippen molar-refractivity contribution < 1.29 is 14.3 Å². The monoisotopic (exact) mass is 393 g/mol. The first-order chi connectivity index (χ1) is 13.8. The lowest BCUT2D eigenvalue weighted by atomic mass is 9.88. The van der Waals surface area contributed by atoms with Gasteiger partial charge < -0.3 is 9.64 Å². The van der Waals surface area contributed by atoms with Crippen molar-refractivity contribution in [1.29, 1.82) is 0 Å². The van der Waals surface area contributed by atoms with E-state index in [4.69, 9.17) is 4.74 Å². The second kappa shape index (κ2) is 9.25. The van der Waals surface area contributed by atoms with E-state index in [9.17, 15) is 9.59 Å². The fourth-order valence-corrected chi connectivity index (χ4v) is 3.70. The van der Waals surface area contributed by atoms with Crippen LogP contribution in [0.5, 0.6) is 0 Å². The third kappa shape index (κ3) is 6.18. The van der Waals surface area contributed by atoms with Crippen LogP contribution in [0.4, 0.5) is 4.79 Å².